The van der Waals surface area contributed by atoms with Crippen LogP contribution in [0.25, 0.3) is 11.3 Å². The number of carbonyl (C=O) groups excluding carboxylic acids is 1. The van der Waals surface area contributed by atoms with Crippen LogP contribution in [0.15, 0.2) is 66.7 Å². The van der Waals surface area contributed by atoms with E-state index in [9.17, 15) is 4.79 Å². The molecular weight excluding hydrogens is 276 g/mol. The normalized spacial score (nSPS) is 10.2. The molecule has 108 valence electrons. The summed E-state index contributed by atoms with van der Waals surface area (Å²) in [5.41, 5.74) is 3.27. The number of aryl methyl sites for hydroxylation is 1. The fourth-order valence-electron chi connectivity index (χ4n) is 1.98. The molecule has 3 aromatic rings. The molecule has 0 aliphatic rings. The maximum absolute atomic E-state index is 12.0. The number of hydrogen-bond donors (Lipinski definition) is 0. The Hall–Kier alpha value is -3.01. The first kappa shape index (κ1) is 13.9. The number of hydrogen-bond acceptors (Lipinski definition) is 4. The molecule has 0 N–H and O–H groups in total. The number of nitrogens with zero attached hydrogens (tertiary/aromatic N) is 2. The first-order valence-electron chi connectivity index (χ1n) is 6.90. The molecule has 4 nitrogen and oxygen atoms in total. The molecule has 4 heteroatoms. The van der Waals surface area contributed by atoms with E-state index < -0.39 is 5.97 Å². The van der Waals surface area contributed by atoms with Gasteiger partial charge in [-0.1, -0.05) is 48.0 Å². The third-order valence-electron chi connectivity index (χ3n) is 3.19. The molecule has 3 rings (SSSR count). The number of aromatic nitrogens is 2. The van der Waals surface area contributed by atoms with Gasteiger partial charge in [-0.3, -0.25) is 0 Å². The SMILES string of the molecule is Cc1ccc(C(=O)Oc2ccc(-c3ccccc3)nn2)cc1. The van der Waals surface area contributed by atoms with Gasteiger partial charge in [0.2, 0.25) is 5.88 Å². The van der Waals surface area contributed by atoms with Crippen molar-refractivity contribution in [3.63, 3.8) is 0 Å². The number of esters is 1. The van der Waals surface area contributed by atoms with Crippen molar-refractivity contribution in [2.24, 2.45) is 0 Å². The second kappa shape index (κ2) is 6.18. The lowest BCUT2D eigenvalue weighted by Crippen LogP contribution is -2.09. The first-order valence-corrected chi connectivity index (χ1v) is 6.90. The Bertz CT molecular complexity index is 766. The number of rotatable bonds is 3. The third-order valence-corrected chi connectivity index (χ3v) is 3.19. The van der Waals surface area contributed by atoms with Gasteiger partial charge < -0.3 is 4.74 Å². The molecule has 2 aromatic carbocycles. The second-order valence-corrected chi connectivity index (χ2v) is 4.88. The van der Waals surface area contributed by atoms with Crippen LogP contribution >= 0.6 is 0 Å². The summed E-state index contributed by atoms with van der Waals surface area (Å²) < 4.78 is 5.22. The van der Waals surface area contributed by atoms with Gasteiger partial charge in [-0.25, -0.2) is 4.79 Å². The highest BCUT2D eigenvalue weighted by Crippen LogP contribution is 2.17. The fourth-order valence-corrected chi connectivity index (χ4v) is 1.98. The van der Waals surface area contributed by atoms with Gasteiger partial charge in [0, 0.05) is 11.6 Å². The van der Waals surface area contributed by atoms with Gasteiger partial charge in [-0.05, 0) is 25.1 Å². The van der Waals surface area contributed by atoms with Gasteiger partial charge in [0.25, 0.3) is 0 Å². The zero-order valence-corrected chi connectivity index (χ0v) is 12.1. The summed E-state index contributed by atoms with van der Waals surface area (Å²) in [6.07, 6.45) is 0. The van der Waals surface area contributed by atoms with Gasteiger partial charge in [-0.2, -0.15) is 0 Å². The Morgan fingerprint density at radius 2 is 1.59 bits per heavy atom. The Labute approximate surface area is 128 Å². The van der Waals surface area contributed by atoms with E-state index in [1.807, 2.05) is 49.4 Å². The molecule has 1 heterocycles. The molecule has 0 spiro atoms. The lowest BCUT2D eigenvalue weighted by Gasteiger charge is -2.04. The highest BCUT2D eigenvalue weighted by Gasteiger charge is 2.09. The highest BCUT2D eigenvalue weighted by atomic mass is 16.5. The molecule has 0 unspecified atom stereocenters. The summed E-state index contributed by atoms with van der Waals surface area (Å²) >= 11 is 0. The quantitative estimate of drug-likeness (QED) is 0.691. The molecular formula is C18H14N2O2. The van der Waals surface area contributed by atoms with Crippen molar-refractivity contribution < 1.29 is 9.53 Å². The van der Waals surface area contributed by atoms with Crippen LogP contribution in [-0.4, -0.2) is 16.2 Å². The molecule has 0 atom stereocenters. The lowest BCUT2D eigenvalue weighted by molar-refractivity contribution is 0.0726. The zero-order valence-electron chi connectivity index (χ0n) is 12.1. The minimum atomic E-state index is -0.443. The van der Waals surface area contributed by atoms with Gasteiger partial charge in [0.05, 0.1) is 11.3 Å². The van der Waals surface area contributed by atoms with Gasteiger partial charge in [0.1, 0.15) is 0 Å². The van der Waals surface area contributed by atoms with E-state index in [0.717, 1.165) is 16.8 Å². The Balaban J connectivity index is 1.73. The van der Waals surface area contributed by atoms with Crippen LogP contribution in [0.3, 0.4) is 0 Å². The summed E-state index contributed by atoms with van der Waals surface area (Å²) in [6, 6.07) is 20.3. The number of ether oxygens (including phenoxy) is 1. The van der Waals surface area contributed by atoms with E-state index in [4.69, 9.17) is 4.74 Å². The van der Waals surface area contributed by atoms with Crippen LogP contribution < -0.4 is 4.74 Å². The maximum Gasteiger partial charge on any atom is 0.344 e. The standard InChI is InChI=1S/C18H14N2O2/c1-13-7-9-15(10-8-13)18(21)22-17-12-11-16(19-20-17)14-5-3-2-4-6-14/h2-12H,1H3. The average molecular weight is 290 g/mol. The fraction of sp³-hybridized carbons (Fsp3) is 0.0556. The van der Waals surface area contributed by atoms with Crippen molar-refractivity contribution >= 4 is 5.97 Å². The summed E-state index contributed by atoms with van der Waals surface area (Å²) in [5, 5.41) is 8.03. The molecule has 22 heavy (non-hydrogen) atoms. The zero-order chi connectivity index (χ0) is 15.4. The van der Waals surface area contributed by atoms with E-state index in [1.165, 1.54) is 0 Å². The molecule has 0 aliphatic heterocycles. The summed E-state index contributed by atoms with van der Waals surface area (Å²) in [4.78, 5) is 12.0. The molecule has 0 radical (unpaired) electrons. The molecule has 0 saturated heterocycles. The molecule has 0 amide bonds. The third kappa shape index (κ3) is 3.17. The average Bonchev–Trinajstić information content (AvgIpc) is 2.57. The van der Waals surface area contributed by atoms with Crippen LogP contribution in [0.5, 0.6) is 5.88 Å². The highest BCUT2D eigenvalue weighted by molar-refractivity contribution is 5.90. The van der Waals surface area contributed by atoms with Crippen molar-refractivity contribution in [3.8, 4) is 17.1 Å². The molecule has 1 aromatic heterocycles. The molecule has 0 fully saturated rings. The van der Waals surface area contributed by atoms with E-state index in [0.29, 0.717) is 5.56 Å². The largest absolute Gasteiger partial charge is 0.402 e. The van der Waals surface area contributed by atoms with Crippen molar-refractivity contribution in [1.82, 2.24) is 10.2 Å². The Morgan fingerprint density at radius 3 is 2.23 bits per heavy atom. The molecule has 0 saturated carbocycles. The Morgan fingerprint density at radius 1 is 0.864 bits per heavy atom. The van der Waals surface area contributed by atoms with Crippen molar-refractivity contribution in [2.75, 3.05) is 0 Å². The summed E-state index contributed by atoms with van der Waals surface area (Å²) in [5.74, 6) is -0.257. The van der Waals surface area contributed by atoms with Crippen molar-refractivity contribution in [2.45, 2.75) is 6.92 Å². The van der Waals surface area contributed by atoms with Crippen LogP contribution in [0.4, 0.5) is 0 Å². The number of benzene rings is 2. The van der Waals surface area contributed by atoms with Crippen molar-refractivity contribution in [1.29, 1.82) is 0 Å². The van der Waals surface area contributed by atoms with Gasteiger partial charge in [-0.15, -0.1) is 10.2 Å². The minimum absolute atomic E-state index is 0.185. The first-order chi connectivity index (χ1) is 10.7. The topological polar surface area (TPSA) is 52.1 Å². The Kier molecular flexibility index (Phi) is 3.92. The van der Waals surface area contributed by atoms with E-state index in [2.05, 4.69) is 10.2 Å². The van der Waals surface area contributed by atoms with Gasteiger partial charge >= 0.3 is 5.97 Å². The van der Waals surface area contributed by atoms with Crippen LogP contribution in [0.2, 0.25) is 0 Å². The lowest BCUT2D eigenvalue weighted by atomic mass is 10.1. The molecule has 0 bridgehead atoms. The summed E-state index contributed by atoms with van der Waals surface area (Å²) in [6.45, 7) is 1.96. The summed E-state index contributed by atoms with van der Waals surface area (Å²) in [7, 11) is 0. The predicted molar refractivity (Wildman–Crippen MR) is 83.6 cm³/mol. The van der Waals surface area contributed by atoms with Crippen LogP contribution in [0.1, 0.15) is 15.9 Å². The van der Waals surface area contributed by atoms with E-state index in [1.54, 1.807) is 24.3 Å². The predicted octanol–water partition coefficient (Wildman–Crippen LogP) is 3.67. The van der Waals surface area contributed by atoms with Crippen LogP contribution in [-0.2, 0) is 0 Å². The van der Waals surface area contributed by atoms with Crippen LogP contribution in [0, 0.1) is 6.92 Å². The second-order valence-electron chi connectivity index (χ2n) is 4.88. The minimum Gasteiger partial charge on any atom is -0.402 e. The van der Waals surface area contributed by atoms with E-state index in [-0.39, 0.29) is 5.88 Å². The monoisotopic (exact) mass is 290 g/mol. The molecule has 0 aliphatic carbocycles. The number of carbonyl (C=O) groups is 1. The maximum atomic E-state index is 12.0. The van der Waals surface area contributed by atoms with Gasteiger partial charge in [0.15, 0.2) is 0 Å². The van der Waals surface area contributed by atoms with E-state index >= 15 is 0 Å². The van der Waals surface area contributed by atoms with Crippen molar-refractivity contribution in [3.05, 3.63) is 77.9 Å². The smallest absolute Gasteiger partial charge is 0.344 e.